The number of hydrogen-bond donors (Lipinski definition) is 0. The number of nitrogens with zero attached hydrogens (tertiary/aromatic N) is 1. The second-order valence-electron chi connectivity index (χ2n) is 8.26. The summed E-state index contributed by atoms with van der Waals surface area (Å²) in [6.45, 7) is 6.41. The zero-order valence-corrected chi connectivity index (χ0v) is 20.4. The second kappa shape index (κ2) is 10.7. The maximum Gasteiger partial charge on any atom is 0.363 e. The maximum absolute atomic E-state index is 14.0. The van der Waals surface area contributed by atoms with E-state index in [1.807, 2.05) is 31.2 Å². The van der Waals surface area contributed by atoms with Gasteiger partial charge >= 0.3 is 5.97 Å². The lowest BCUT2D eigenvalue weighted by molar-refractivity contribution is -0.129. The minimum Gasteiger partial charge on any atom is -0.490 e. The van der Waals surface area contributed by atoms with Gasteiger partial charge in [-0.05, 0) is 60.4 Å². The number of ether oxygens (including phenoxy) is 3. The topological polar surface area (TPSA) is 57.1 Å². The van der Waals surface area contributed by atoms with Crippen molar-refractivity contribution in [1.29, 1.82) is 0 Å². The molecule has 4 rings (SSSR count). The highest BCUT2D eigenvalue weighted by Crippen LogP contribution is 2.38. The van der Waals surface area contributed by atoms with E-state index in [2.05, 4.69) is 18.8 Å². The van der Waals surface area contributed by atoms with Crippen molar-refractivity contribution in [3.05, 3.63) is 99.5 Å². The molecule has 7 heteroatoms. The van der Waals surface area contributed by atoms with Crippen LogP contribution in [0.3, 0.4) is 0 Å². The van der Waals surface area contributed by atoms with Gasteiger partial charge in [-0.3, -0.25) is 0 Å². The van der Waals surface area contributed by atoms with E-state index in [0.717, 1.165) is 5.56 Å². The van der Waals surface area contributed by atoms with Crippen LogP contribution in [-0.4, -0.2) is 18.5 Å². The smallest absolute Gasteiger partial charge is 0.363 e. The van der Waals surface area contributed by atoms with E-state index in [1.54, 1.807) is 36.4 Å². The average Bonchev–Trinajstić information content (AvgIpc) is 3.20. The summed E-state index contributed by atoms with van der Waals surface area (Å²) in [4.78, 5) is 16.8. The largest absolute Gasteiger partial charge is 0.490 e. The number of carbonyl (C=O) groups is 1. The van der Waals surface area contributed by atoms with E-state index in [0.29, 0.717) is 35.2 Å². The number of esters is 1. The fourth-order valence-corrected chi connectivity index (χ4v) is 3.81. The molecule has 1 aliphatic rings. The molecule has 0 N–H and O–H groups in total. The van der Waals surface area contributed by atoms with Crippen LogP contribution in [0, 0.1) is 5.82 Å². The molecule has 0 aromatic heterocycles. The lowest BCUT2D eigenvalue weighted by Gasteiger charge is -2.15. The highest BCUT2D eigenvalue weighted by Gasteiger charge is 2.25. The summed E-state index contributed by atoms with van der Waals surface area (Å²) >= 11 is 6.48. The van der Waals surface area contributed by atoms with Crippen LogP contribution in [0.4, 0.5) is 4.39 Å². The number of carbonyl (C=O) groups excluding carboxylic acids is 1. The van der Waals surface area contributed by atoms with Gasteiger partial charge in [-0.2, -0.15) is 0 Å². The van der Waals surface area contributed by atoms with Gasteiger partial charge in [0.05, 0.1) is 11.6 Å². The molecule has 3 aromatic rings. The van der Waals surface area contributed by atoms with E-state index < -0.39 is 5.97 Å². The summed E-state index contributed by atoms with van der Waals surface area (Å²) in [5.74, 6) is 0.399. The minimum absolute atomic E-state index is 0.0114. The molecular weight excluding hydrogens is 469 g/mol. The molecule has 0 radical (unpaired) electrons. The number of halogens is 2. The van der Waals surface area contributed by atoms with Crippen molar-refractivity contribution in [2.24, 2.45) is 4.99 Å². The molecule has 5 nitrogen and oxygen atoms in total. The predicted molar refractivity (Wildman–Crippen MR) is 134 cm³/mol. The third-order valence-electron chi connectivity index (χ3n) is 5.41. The number of aliphatic imine (C=N–C) groups is 1. The normalized spacial score (nSPS) is 14.3. The molecule has 0 aliphatic carbocycles. The van der Waals surface area contributed by atoms with E-state index in [1.165, 1.54) is 11.6 Å². The van der Waals surface area contributed by atoms with Crippen LogP contribution in [0.15, 0.2) is 71.4 Å². The van der Waals surface area contributed by atoms with Gasteiger partial charge in [0.1, 0.15) is 12.4 Å². The van der Waals surface area contributed by atoms with Crippen LogP contribution in [0.1, 0.15) is 48.9 Å². The summed E-state index contributed by atoms with van der Waals surface area (Å²) in [5.41, 5.74) is 3.03. The number of cyclic esters (lactones) is 1. The molecule has 0 bridgehead atoms. The standard InChI is InChI=1S/C28H25ClFNO4/c1-4-33-25-15-18(13-22(29)26(25)34-16-21-7-5-6-8-23(21)30)14-24-28(32)35-27(31-24)20-11-9-19(10-12-20)17(2)3/h5-15,17H,4,16H2,1-3H3/b24-14-. The second-order valence-corrected chi connectivity index (χ2v) is 8.66. The van der Waals surface area contributed by atoms with E-state index in [9.17, 15) is 9.18 Å². The number of hydrogen-bond acceptors (Lipinski definition) is 5. The Bertz CT molecular complexity index is 1300. The van der Waals surface area contributed by atoms with E-state index in [4.69, 9.17) is 25.8 Å². The first-order valence-electron chi connectivity index (χ1n) is 11.3. The summed E-state index contributed by atoms with van der Waals surface area (Å²) in [7, 11) is 0. The van der Waals surface area contributed by atoms with Gasteiger partial charge in [-0.15, -0.1) is 0 Å². The number of rotatable bonds is 8. The molecule has 0 unspecified atom stereocenters. The zero-order chi connectivity index (χ0) is 24.9. The molecule has 0 atom stereocenters. The molecule has 0 fully saturated rings. The molecule has 1 aliphatic heterocycles. The van der Waals surface area contributed by atoms with Crippen molar-refractivity contribution in [3.8, 4) is 11.5 Å². The molecule has 1 heterocycles. The fraction of sp³-hybridized carbons (Fsp3) is 0.214. The van der Waals surface area contributed by atoms with Crippen molar-refractivity contribution >= 4 is 29.5 Å². The van der Waals surface area contributed by atoms with Crippen molar-refractivity contribution in [2.75, 3.05) is 6.61 Å². The molecular formula is C28H25ClFNO4. The third-order valence-corrected chi connectivity index (χ3v) is 5.69. The van der Waals surface area contributed by atoms with Crippen molar-refractivity contribution in [2.45, 2.75) is 33.3 Å². The van der Waals surface area contributed by atoms with Crippen molar-refractivity contribution in [3.63, 3.8) is 0 Å². The molecule has 3 aromatic carbocycles. The number of benzene rings is 3. The van der Waals surface area contributed by atoms with Gasteiger partial charge in [0.15, 0.2) is 17.2 Å². The highest BCUT2D eigenvalue weighted by atomic mass is 35.5. The van der Waals surface area contributed by atoms with Gasteiger partial charge in [0, 0.05) is 11.1 Å². The average molecular weight is 494 g/mol. The summed E-state index contributed by atoms with van der Waals surface area (Å²) < 4.78 is 30.9. The molecule has 0 amide bonds. The lowest BCUT2D eigenvalue weighted by atomic mass is 10.0. The first kappa shape index (κ1) is 24.5. The zero-order valence-electron chi connectivity index (χ0n) is 19.7. The third kappa shape index (κ3) is 5.72. The van der Waals surface area contributed by atoms with Crippen LogP contribution in [-0.2, 0) is 16.1 Å². The Hall–Kier alpha value is -3.64. The molecule has 0 spiro atoms. The Kier molecular flexibility index (Phi) is 7.51. The SMILES string of the molecule is CCOc1cc(/C=C2\N=C(c3ccc(C(C)C)cc3)OC2=O)cc(Cl)c1OCc1ccccc1F. The van der Waals surface area contributed by atoms with Gasteiger partial charge in [0.2, 0.25) is 5.90 Å². The molecule has 180 valence electrons. The van der Waals surface area contributed by atoms with Gasteiger partial charge < -0.3 is 14.2 Å². The van der Waals surface area contributed by atoms with Crippen molar-refractivity contribution < 1.29 is 23.4 Å². The Morgan fingerprint density at radius 2 is 1.83 bits per heavy atom. The van der Waals surface area contributed by atoms with Gasteiger partial charge in [0.25, 0.3) is 0 Å². The first-order chi connectivity index (χ1) is 16.9. The maximum atomic E-state index is 14.0. The van der Waals surface area contributed by atoms with Crippen molar-refractivity contribution in [1.82, 2.24) is 0 Å². The quantitative estimate of drug-likeness (QED) is 0.252. The van der Waals surface area contributed by atoms with Crippen LogP contribution in [0.25, 0.3) is 6.08 Å². The Morgan fingerprint density at radius 3 is 2.51 bits per heavy atom. The predicted octanol–water partition coefficient (Wildman–Crippen LogP) is 6.92. The van der Waals surface area contributed by atoms with Crippen LogP contribution >= 0.6 is 11.6 Å². The van der Waals surface area contributed by atoms with Gasteiger partial charge in [-0.25, -0.2) is 14.2 Å². The minimum atomic E-state index is -0.554. The fourth-order valence-electron chi connectivity index (χ4n) is 3.54. The highest BCUT2D eigenvalue weighted by molar-refractivity contribution is 6.32. The Labute approximate surface area is 208 Å². The van der Waals surface area contributed by atoms with E-state index in [-0.39, 0.29) is 29.0 Å². The molecule has 0 saturated carbocycles. The summed E-state index contributed by atoms with van der Waals surface area (Å²) in [6.07, 6.45) is 1.58. The van der Waals surface area contributed by atoms with E-state index >= 15 is 0 Å². The summed E-state index contributed by atoms with van der Waals surface area (Å²) in [5, 5.41) is 0.263. The monoisotopic (exact) mass is 493 g/mol. The lowest BCUT2D eigenvalue weighted by Crippen LogP contribution is -2.05. The first-order valence-corrected chi connectivity index (χ1v) is 11.7. The Balaban J connectivity index is 1.60. The molecule has 35 heavy (non-hydrogen) atoms. The Morgan fingerprint density at radius 1 is 1.09 bits per heavy atom. The molecule has 0 saturated heterocycles. The van der Waals surface area contributed by atoms with Crippen LogP contribution in [0.2, 0.25) is 5.02 Å². The van der Waals surface area contributed by atoms with Crippen LogP contribution in [0.5, 0.6) is 11.5 Å². The van der Waals surface area contributed by atoms with Gasteiger partial charge in [-0.1, -0.05) is 55.8 Å². The van der Waals surface area contributed by atoms with Crippen LogP contribution < -0.4 is 9.47 Å². The summed E-state index contributed by atoms with van der Waals surface area (Å²) in [6, 6.07) is 17.4.